The molecule has 1 aliphatic rings. The largest absolute Gasteiger partial charge is 0.489 e. The third-order valence-electron chi connectivity index (χ3n) is 4.96. The number of piperidine rings is 1. The van der Waals surface area contributed by atoms with Crippen molar-refractivity contribution in [1.29, 1.82) is 0 Å². The van der Waals surface area contributed by atoms with Crippen molar-refractivity contribution in [2.24, 2.45) is 0 Å². The van der Waals surface area contributed by atoms with Crippen molar-refractivity contribution in [3.63, 3.8) is 0 Å². The summed E-state index contributed by atoms with van der Waals surface area (Å²) in [7, 11) is 0. The van der Waals surface area contributed by atoms with E-state index in [9.17, 15) is 18.0 Å². The normalized spacial score (nSPS) is 16.2. The van der Waals surface area contributed by atoms with Crippen LogP contribution in [0.2, 0.25) is 0 Å². The number of ether oxygens (including phenoxy) is 2. The van der Waals surface area contributed by atoms with E-state index in [-0.39, 0.29) is 42.1 Å². The topological polar surface area (TPSA) is 59.6 Å². The quantitative estimate of drug-likeness (QED) is 0.525. The average molecular weight is 485 g/mol. The molecule has 0 aliphatic carbocycles. The molecule has 0 bridgehead atoms. The molecule has 1 unspecified atom stereocenters. The summed E-state index contributed by atoms with van der Waals surface area (Å²) in [5, 5.41) is 6.19. The second kappa shape index (κ2) is 13.1. The van der Waals surface area contributed by atoms with Crippen LogP contribution in [0.3, 0.4) is 0 Å². The predicted octanol–water partition coefficient (Wildman–Crippen LogP) is 5.01. The Labute approximate surface area is 197 Å². The fraction of sp³-hybridized carbons (Fsp3) is 0.375. The van der Waals surface area contributed by atoms with Crippen molar-refractivity contribution in [2.45, 2.75) is 31.5 Å². The van der Waals surface area contributed by atoms with Crippen molar-refractivity contribution in [3.8, 4) is 11.5 Å². The molecule has 33 heavy (non-hydrogen) atoms. The second-order valence-electron chi connectivity index (χ2n) is 7.54. The van der Waals surface area contributed by atoms with Crippen molar-refractivity contribution in [2.75, 3.05) is 26.3 Å². The molecule has 1 aliphatic heterocycles. The summed E-state index contributed by atoms with van der Waals surface area (Å²) in [5.41, 5.74) is 1.14. The summed E-state index contributed by atoms with van der Waals surface area (Å²) >= 11 is 0. The van der Waals surface area contributed by atoms with Crippen LogP contribution in [0.1, 0.15) is 35.2 Å². The third-order valence-corrected chi connectivity index (χ3v) is 4.96. The van der Waals surface area contributed by atoms with E-state index in [1.165, 1.54) is 18.2 Å². The van der Waals surface area contributed by atoms with E-state index in [1.54, 1.807) is 6.08 Å². The molecule has 3 rings (SSSR count). The number of carbonyl (C=O) groups is 1. The van der Waals surface area contributed by atoms with Gasteiger partial charge in [-0.3, -0.25) is 4.79 Å². The molecule has 0 saturated carbocycles. The van der Waals surface area contributed by atoms with E-state index in [0.29, 0.717) is 6.54 Å². The molecule has 1 atom stereocenters. The van der Waals surface area contributed by atoms with E-state index >= 15 is 0 Å². The Morgan fingerprint density at radius 2 is 1.91 bits per heavy atom. The number of hydrogen-bond donors (Lipinski definition) is 2. The van der Waals surface area contributed by atoms with E-state index in [2.05, 4.69) is 10.6 Å². The number of carbonyl (C=O) groups excluding carboxylic acids is 1. The number of amides is 1. The highest BCUT2D eigenvalue weighted by atomic mass is 35.5. The maximum absolute atomic E-state index is 12.8. The number of rotatable bonds is 9. The van der Waals surface area contributed by atoms with Gasteiger partial charge in [0.15, 0.2) is 6.61 Å². The van der Waals surface area contributed by atoms with Gasteiger partial charge >= 0.3 is 6.18 Å². The minimum atomic E-state index is -4.47. The van der Waals surface area contributed by atoms with Gasteiger partial charge in [-0.1, -0.05) is 42.8 Å². The molecular weight excluding hydrogens is 457 g/mol. The molecule has 0 aromatic heterocycles. The van der Waals surface area contributed by atoms with Gasteiger partial charge in [0.2, 0.25) is 0 Å². The minimum Gasteiger partial charge on any atom is -0.489 e. The standard InChI is InChI=1S/C24H27F3N2O3.ClH/c25-24(26,27)17-32-20-11-12-22(31-14-6-9-18-7-2-1-3-8-18)21(15-20)23(30)29-16-19-10-4-5-13-28-19;/h1-3,6-9,11-12,15,19,28H,4-5,10,13-14,16-17H2,(H,29,30);1H. The first-order chi connectivity index (χ1) is 15.4. The molecule has 1 heterocycles. The molecule has 0 spiro atoms. The molecule has 1 saturated heterocycles. The maximum Gasteiger partial charge on any atom is 0.422 e. The van der Waals surface area contributed by atoms with Crippen LogP contribution < -0.4 is 20.1 Å². The highest BCUT2D eigenvalue weighted by Gasteiger charge is 2.28. The maximum atomic E-state index is 12.8. The Morgan fingerprint density at radius 3 is 2.61 bits per heavy atom. The minimum absolute atomic E-state index is 0. The molecule has 1 fully saturated rings. The van der Waals surface area contributed by atoms with Gasteiger partial charge in [-0.2, -0.15) is 13.2 Å². The summed E-state index contributed by atoms with van der Waals surface area (Å²) in [6.07, 6.45) is 2.38. The van der Waals surface area contributed by atoms with Crippen LogP contribution in [0, 0.1) is 0 Å². The van der Waals surface area contributed by atoms with Crippen LogP contribution in [0.15, 0.2) is 54.6 Å². The lowest BCUT2D eigenvalue weighted by atomic mass is 10.0. The fourth-order valence-electron chi connectivity index (χ4n) is 3.36. The Bertz CT molecular complexity index is 902. The highest BCUT2D eigenvalue weighted by Crippen LogP contribution is 2.26. The Hall–Kier alpha value is -2.71. The molecule has 180 valence electrons. The van der Waals surface area contributed by atoms with Crippen LogP contribution in [0.25, 0.3) is 6.08 Å². The molecular formula is C24H28ClF3N2O3. The molecule has 9 heteroatoms. The Balaban J connectivity index is 0.00000385. The summed E-state index contributed by atoms with van der Waals surface area (Å²) in [5.74, 6) is -0.191. The van der Waals surface area contributed by atoms with Gasteiger partial charge in [-0.05, 0) is 49.2 Å². The summed E-state index contributed by atoms with van der Waals surface area (Å²) in [4.78, 5) is 12.8. The molecule has 2 aromatic rings. The smallest absolute Gasteiger partial charge is 0.422 e. The van der Waals surface area contributed by atoms with E-state index in [1.807, 2.05) is 36.4 Å². The van der Waals surface area contributed by atoms with Crippen molar-refractivity contribution < 1.29 is 27.4 Å². The lowest BCUT2D eigenvalue weighted by molar-refractivity contribution is -0.153. The van der Waals surface area contributed by atoms with Gasteiger partial charge in [-0.25, -0.2) is 0 Å². The van der Waals surface area contributed by atoms with E-state index in [0.717, 1.165) is 31.4 Å². The van der Waals surface area contributed by atoms with Crippen LogP contribution in [-0.2, 0) is 0 Å². The number of halogens is 4. The Morgan fingerprint density at radius 1 is 1.12 bits per heavy atom. The Kier molecular flexibility index (Phi) is 10.5. The van der Waals surface area contributed by atoms with Gasteiger partial charge in [-0.15, -0.1) is 12.4 Å². The zero-order valence-electron chi connectivity index (χ0n) is 18.1. The fourth-order valence-corrected chi connectivity index (χ4v) is 3.36. The lowest BCUT2D eigenvalue weighted by Crippen LogP contribution is -2.43. The van der Waals surface area contributed by atoms with Gasteiger partial charge in [0.1, 0.15) is 18.1 Å². The van der Waals surface area contributed by atoms with Crippen LogP contribution in [0.5, 0.6) is 11.5 Å². The predicted molar refractivity (Wildman–Crippen MR) is 124 cm³/mol. The van der Waals surface area contributed by atoms with Gasteiger partial charge < -0.3 is 20.1 Å². The van der Waals surface area contributed by atoms with E-state index in [4.69, 9.17) is 9.47 Å². The number of nitrogens with one attached hydrogen (secondary N) is 2. The zero-order valence-corrected chi connectivity index (χ0v) is 18.9. The van der Waals surface area contributed by atoms with Crippen molar-refractivity contribution in [3.05, 3.63) is 65.7 Å². The number of benzene rings is 2. The monoisotopic (exact) mass is 484 g/mol. The third kappa shape index (κ3) is 9.35. The van der Waals surface area contributed by atoms with Crippen LogP contribution >= 0.6 is 12.4 Å². The van der Waals surface area contributed by atoms with E-state index < -0.39 is 18.7 Å². The molecule has 2 N–H and O–H groups in total. The first-order valence-corrected chi connectivity index (χ1v) is 10.6. The van der Waals surface area contributed by atoms with Crippen molar-refractivity contribution in [1.82, 2.24) is 10.6 Å². The summed E-state index contributed by atoms with van der Waals surface area (Å²) in [6, 6.07) is 13.9. The molecule has 1 amide bonds. The van der Waals surface area contributed by atoms with Crippen LogP contribution in [0.4, 0.5) is 13.2 Å². The molecule has 5 nitrogen and oxygen atoms in total. The second-order valence-corrected chi connectivity index (χ2v) is 7.54. The van der Waals surface area contributed by atoms with Crippen LogP contribution in [-0.4, -0.2) is 44.4 Å². The molecule has 0 radical (unpaired) electrons. The SMILES string of the molecule is Cl.O=C(NCC1CCCCN1)c1cc(OCC(F)(F)F)ccc1OCC=Cc1ccccc1. The lowest BCUT2D eigenvalue weighted by Gasteiger charge is -2.23. The van der Waals surface area contributed by atoms with Crippen molar-refractivity contribution >= 4 is 24.4 Å². The number of hydrogen-bond acceptors (Lipinski definition) is 4. The first-order valence-electron chi connectivity index (χ1n) is 10.6. The molecule has 2 aromatic carbocycles. The summed E-state index contributed by atoms with van der Waals surface area (Å²) in [6.45, 7) is 0.103. The summed E-state index contributed by atoms with van der Waals surface area (Å²) < 4.78 is 48.1. The van der Waals surface area contributed by atoms with Gasteiger partial charge in [0.05, 0.1) is 5.56 Å². The van der Waals surface area contributed by atoms with Gasteiger partial charge in [0.25, 0.3) is 5.91 Å². The first kappa shape index (κ1) is 26.5. The van der Waals surface area contributed by atoms with Gasteiger partial charge in [0, 0.05) is 12.6 Å². The number of alkyl halides is 3. The highest BCUT2D eigenvalue weighted by molar-refractivity contribution is 5.97. The zero-order chi connectivity index (χ0) is 22.8. The average Bonchev–Trinajstić information content (AvgIpc) is 2.80.